The molecule has 0 radical (unpaired) electrons. The highest BCUT2D eigenvalue weighted by Gasteiger charge is 2.26. The van der Waals surface area contributed by atoms with Crippen molar-refractivity contribution in [3.05, 3.63) is 77.4 Å². The predicted octanol–water partition coefficient (Wildman–Crippen LogP) is 3.65. The Hall–Kier alpha value is -2.53. The molecule has 2 N–H and O–H groups in total. The van der Waals surface area contributed by atoms with Crippen LogP contribution in [-0.2, 0) is 6.42 Å². The van der Waals surface area contributed by atoms with Crippen LogP contribution in [-0.4, -0.2) is 19.9 Å². The highest BCUT2D eigenvalue weighted by Crippen LogP contribution is 2.32. The normalized spacial score (nSPS) is 20.5. The van der Waals surface area contributed by atoms with Gasteiger partial charge in [0.2, 0.25) is 0 Å². The molecule has 3 aromatic heterocycles. The summed E-state index contributed by atoms with van der Waals surface area (Å²) in [6.07, 6.45) is 9.66. The van der Waals surface area contributed by atoms with Gasteiger partial charge in [-0.2, -0.15) is 0 Å². The number of nitrogens with one attached hydrogen (secondary N) is 2. The van der Waals surface area contributed by atoms with Crippen LogP contribution in [0.25, 0.3) is 0 Å². The molecule has 2 atom stereocenters. The molecule has 0 saturated carbocycles. The van der Waals surface area contributed by atoms with Crippen LogP contribution in [0.5, 0.6) is 0 Å². The number of nitrogens with zero attached hydrogens (tertiary/aromatic N) is 3. The lowest BCUT2D eigenvalue weighted by atomic mass is 9.92. The molecule has 1 fully saturated rings. The molecule has 5 heteroatoms. The molecule has 0 aromatic carbocycles. The monoisotopic (exact) mass is 333 g/mol. The van der Waals surface area contributed by atoms with Crippen molar-refractivity contribution in [1.29, 1.82) is 0 Å². The maximum atomic E-state index is 4.88. The van der Waals surface area contributed by atoms with Crippen molar-refractivity contribution in [2.45, 2.75) is 44.7 Å². The number of hydrogen-bond acceptors (Lipinski definition) is 4. The van der Waals surface area contributed by atoms with E-state index in [2.05, 4.69) is 51.5 Å². The van der Waals surface area contributed by atoms with E-state index in [1.54, 1.807) is 6.20 Å². The molecule has 0 aliphatic carbocycles. The van der Waals surface area contributed by atoms with Gasteiger partial charge < -0.3 is 10.3 Å². The van der Waals surface area contributed by atoms with Gasteiger partial charge in [-0.25, -0.2) is 4.98 Å². The number of rotatable bonds is 4. The van der Waals surface area contributed by atoms with Crippen LogP contribution in [0.4, 0.5) is 0 Å². The molecule has 0 bridgehead atoms. The summed E-state index contributed by atoms with van der Waals surface area (Å²) in [5, 5.41) is 3.76. The van der Waals surface area contributed by atoms with E-state index in [9.17, 15) is 0 Å². The maximum Gasteiger partial charge on any atom is 0.112 e. The minimum absolute atomic E-state index is 0.275. The van der Waals surface area contributed by atoms with Gasteiger partial charge in [0.1, 0.15) is 5.82 Å². The summed E-state index contributed by atoms with van der Waals surface area (Å²) in [7, 11) is 0. The van der Waals surface area contributed by atoms with E-state index in [1.165, 1.54) is 17.7 Å². The molecule has 1 aliphatic rings. The van der Waals surface area contributed by atoms with Gasteiger partial charge in [0.15, 0.2) is 0 Å². The first kappa shape index (κ1) is 16.0. The van der Waals surface area contributed by atoms with E-state index in [1.807, 2.05) is 18.5 Å². The summed E-state index contributed by atoms with van der Waals surface area (Å²) in [5.41, 5.74) is 4.58. The number of aromatic nitrogens is 4. The first-order valence-electron chi connectivity index (χ1n) is 8.91. The third kappa shape index (κ3) is 3.61. The number of aromatic amines is 1. The molecule has 25 heavy (non-hydrogen) atoms. The van der Waals surface area contributed by atoms with Crippen LogP contribution in [0.15, 0.2) is 48.9 Å². The Bertz CT molecular complexity index is 828. The molecular formula is C20H23N5. The minimum atomic E-state index is 0.275. The second-order valence-corrected chi connectivity index (χ2v) is 6.67. The van der Waals surface area contributed by atoms with Crippen LogP contribution >= 0.6 is 0 Å². The Kier molecular flexibility index (Phi) is 4.57. The van der Waals surface area contributed by atoms with Gasteiger partial charge >= 0.3 is 0 Å². The first-order chi connectivity index (χ1) is 12.3. The van der Waals surface area contributed by atoms with Crippen molar-refractivity contribution < 1.29 is 0 Å². The van der Waals surface area contributed by atoms with Gasteiger partial charge in [0.05, 0.1) is 17.4 Å². The van der Waals surface area contributed by atoms with Gasteiger partial charge in [-0.05, 0) is 49.9 Å². The third-order valence-electron chi connectivity index (χ3n) is 4.86. The Morgan fingerprint density at radius 3 is 2.80 bits per heavy atom. The highest BCUT2D eigenvalue weighted by atomic mass is 15.0. The average molecular weight is 333 g/mol. The fourth-order valence-corrected chi connectivity index (χ4v) is 3.60. The van der Waals surface area contributed by atoms with E-state index in [0.717, 1.165) is 36.5 Å². The first-order valence-corrected chi connectivity index (χ1v) is 8.91. The van der Waals surface area contributed by atoms with Crippen LogP contribution in [0.2, 0.25) is 0 Å². The Balaban J connectivity index is 1.52. The lowest BCUT2D eigenvalue weighted by molar-refractivity contribution is 0.320. The van der Waals surface area contributed by atoms with E-state index in [-0.39, 0.29) is 6.04 Å². The van der Waals surface area contributed by atoms with Crippen LogP contribution in [0.1, 0.15) is 59.8 Å². The SMILES string of the molecule is Cc1cccnc1C1CCCC(c2cccc(Cc3ncc[nH]3)n2)N1. The molecular weight excluding hydrogens is 310 g/mol. The van der Waals surface area contributed by atoms with Crippen LogP contribution in [0.3, 0.4) is 0 Å². The largest absolute Gasteiger partial charge is 0.348 e. The Labute approximate surface area is 148 Å². The summed E-state index contributed by atoms with van der Waals surface area (Å²) in [5.74, 6) is 0.947. The van der Waals surface area contributed by atoms with Crippen molar-refractivity contribution in [3.8, 4) is 0 Å². The van der Waals surface area contributed by atoms with Crippen LogP contribution < -0.4 is 5.32 Å². The molecule has 5 nitrogen and oxygen atoms in total. The van der Waals surface area contributed by atoms with Gasteiger partial charge in [-0.1, -0.05) is 12.1 Å². The molecule has 4 heterocycles. The van der Waals surface area contributed by atoms with Crippen molar-refractivity contribution in [3.63, 3.8) is 0 Å². The Morgan fingerprint density at radius 2 is 1.96 bits per heavy atom. The smallest absolute Gasteiger partial charge is 0.112 e. The summed E-state index contributed by atoms with van der Waals surface area (Å²) >= 11 is 0. The quantitative estimate of drug-likeness (QED) is 0.765. The third-order valence-corrected chi connectivity index (χ3v) is 4.86. The summed E-state index contributed by atoms with van der Waals surface area (Å²) in [6.45, 7) is 2.13. The van der Waals surface area contributed by atoms with E-state index >= 15 is 0 Å². The number of hydrogen-bond donors (Lipinski definition) is 2. The van der Waals surface area contributed by atoms with E-state index < -0.39 is 0 Å². The molecule has 0 amide bonds. The molecule has 128 valence electrons. The fraction of sp³-hybridized carbons (Fsp3) is 0.350. The van der Waals surface area contributed by atoms with Gasteiger partial charge in [0, 0.05) is 36.7 Å². The summed E-state index contributed by atoms with van der Waals surface area (Å²) in [4.78, 5) is 16.9. The lowest BCUT2D eigenvalue weighted by Gasteiger charge is -2.31. The van der Waals surface area contributed by atoms with Gasteiger partial charge in [-0.3, -0.25) is 9.97 Å². The van der Waals surface area contributed by atoms with Gasteiger partial charge in [-0.15, -0.1) is 0 Å². The van der Waals surface area contributed by atoms with Crippen LogP contribution in [0, 0.1) is 6.92 Å². The van der Waals surface area contributed by atoms with Gasteiger partial charge in [0.25, 0.3) is 0 Å². The zero-order valence-electron chi connectivity index (χ0n) is 14.4. The van der Waals surface area contributed by atoms with Crippen molar-refractivity contribution in [2.75, 3.05) is 0 Å². The maximum absolute atomic E-state index is 4.88. The molecule has 4 rings (SSSR count). The fourth-order valence-electron chi connectivity index (χ4n) is 3.60. The second kappa shape index (κ2) is 7.15. The Morgan fingerprint density at radius 1 is 1.04 bits per heavy atom. The lowest BCUT2D eigenvalue weighted by Crippen LogP contribution is -2.32. The van der Waals surface area contributed by atoms with Crippen molar-refractivity contribution in [1.82, 2.24) is 25.3 Å². The predicted molar refractivity (Wildman–Crippen MR) is 97.1 cm³/mol. The summed E-state index contributed by atoms with van der Waals surface area (Å²) < 4.78 is 0. The number of aryl methyl sites for hydroxylation is 1. The molecule has 2 unspecified atom stereocenters. The molecule has 0 spiro atoms. The average Bonchev–Trinajstić information content (AvgIpc) is 3.15. The van der Waals surface area contributed by atoms with Crippen molar-refractivity contribution in [2.24, 2.45) is 0 Å². The zero-order chi connectivity index (χ0) is 17.1. The van der Waals surface area contributed by atoms with E-state index in [0.29, 0.717) is 6.04 Å². The number of imidazole rings is 1. The van der Waals surface area contributed by atoms with E-state index in [4.69, 9.17) is 4.98 Å². The van der Waals surface area contributed by atoms with Crippen molar-refractivity contribution >= 4 is 0 Å². The number of pyridine rings is 2. The highest BCUT2D eigenvalue weighted by molar-refractivity contribution is 5.23. The second-order valence-electron chi connectivity index (χ2n) is 6.67. The zero-order valence-corrected chi connectivity index (χ0v) is 14.4. The topological polar surface area (TPSA) is 66.5 Å². The molecule has 3 aromatic rings. The number of piperidine rings is 1. The number of H-pyrrole nitrogens is 1. The standard InChI is InChI=1S/C20H23N5/c1-14-5-4-10-23-20(14)18-9-3-8-17(25-18)16-7-2-6-15(24-16)13-19-21-11-12-22-19/h2,4-7,10-12,17-18,25H,3,8-9,13H2,1H3,(H,21,22). The summed E-state index contributed by atoms with van der Waals surface area (Å²) in [6, 6.07) is 11.0. The minimum Gasteiger partial charge on any atom is -0.348 e. The molecule has 1 aliphatic heterocycles. The molecule has 1 saturated heterocycles.